The minimum Gasteiger partial charge on any atom is -0.384 e. The number of likely N-dealkylation sites (tertiary alicyclic amines) is 4. The second-order valence-corrected chi connectivity index (χ2v) is 39.3. The lowest BCUT2D eigenvalue weighted by atomic mass is 9.77. The summed E-state index contributed by atoms with van der Waals surface area (Å²) in [5.74, 6) is 19.3. The number of methoxy groups -OCH3 is 3. The van der Waals surface area contributed by atoms with Gasteiger partial charge in [-0.3, -0.25) is 34.5 Å². The first-order valence-corrected chi connectivity index (χ1v) is 50.0. The van der Waals surface area contributed by atoms with Crippen molar-refractivity contribution in [1.29, 1.82) is 0 Å². The molecule has 4 saturated heterocycles. The molecule has 0 radical (unpaired) electrons. The van der Waals surface area contributed by atoms with Gasteiger partial charge in [-0.2, -0.15) is 15.3 Å². The van der Waals surface area contributed by atoms with Gasteiger partial charge in [-0.05, 0) is 305 Å². The first-order chi connectivity index (χ1) is 68.1. The van der Waals surface area contributed by atoms with Gasteiger partial charge in [0, 0.05) is 160 Å². The maximum absolute atomic E-state index is 15.8. The number of piperidine rings is 4. The number of rotatable bonds is 23. The first-order valence-electron chi connectivity index (χ1n) is 50.0. The molecule has 4 aliphatic heterocycles. The lowest BCUT2D eigenvalue weighted by Crippen LogP contribution is -2.43. The third-order valence-electron chi connectivity index (χ3n) is 30.5. The van der Waals surface area contributed by atoms with Gasteiger partial charge in [0.2, 0.25) is 0 Å². The van der Waals surface area contributed by atoms with Crippen molar-refractivity contribution in [3.05, 3.63) is 286 Å². The van der Waals surface area contributed by atoms with Gasteiger partial charge in [-0.25, -0.2) is 24.3 Å². The number of carbonyl (C=O) groups excluding carboxylic acids is 4. The Hall–Kier alpha value is -13.7. The summed E-state index contributed by atoms with van der Waals surface area (Å²) in [6.07, 6.45) is 45.0. The number of alkyl halides is 1. The summed E-state index contributed by atoms with van der Waals surface area (Å²) in [6, 6.07) is 48.7. The molecule has 12 aromatic rings. The lowest BCUT2D eigenvalue weighted by molar-refractivity contribution is 0.0420. The van der Waals surface area contributed by atoms with Gasteiger partial charge in [0.1, 0.15) is 29.7 Å². The fraction of sp³-hybridized carbons (Fsp3) is 0.410. The van der Waals surface area contributed by atoms with Gasteiger partial charge < -0.3 is 38.8 Å². The molecular formula is C117H128FN15O7. The molecule has 720 valence electrons. The number of carbonyl (C=O) groups is 4. The number of halogens is 1. The zero-order valence-electron chi connectivity index (χ0n) is 82.1. The Labute approximate surface area is 822 Å². The van der Waals surface area contributed by atoms with Crippen LogP contribution >= 0.6 is 0 Å². The van der Waals surface area contributed by atoms with E-state index >= 15 is 4.39 Å². The highest BCUT2D eigenvalue weighted by atomic mass is 19.1. The van der Waals surface area contributed by atoms with Crippen LogP contribution in [-0.2, 0) is 39.5 Å². The zero-order chi connectivity index (χ0) is 97.7. The number of hydrogen-bond acceptors (Lipinski definition) is 14. The van der Waals surface area contributed by atoms with Gasteiger partial charge in [0.05, 0.1) is 25.1 Å². The molecule has 8 heterocycles. The topological polar surface area (TPSA) is 262 Å². The Balaban J connectivity index is 0.000000129. The SMILES string of the molecule is C#Cc1ccc(C2(F)CCN(C(=O)c3cc(-c4n[nH]c(CCOC)n4)c(C4CCC4)cc3C)CC2)cc1.C#Cc1ccc(C2CCN(C(=O)c3cc(-c4n[nH]c(C)n4)c(C4CCC4)cc3C)CC2)cc1.C#Cc1ccc(C2CCN(C(=O)c3cc(-c4n[nH]c(COC)n4)c(C4CCC4)cc3C)CC2)cc1.C#Cc1ccc(C2CCN(C(=O)c3cc(-c4ncc(COC)[nH]4)c(C4CCC4)cc3C)CC2)cc1. The zero-order valence-corrected chi connectivity index (χ0v) is 82.1. The summed E-state index contributed by atoms with van der Waals surface area (Å²) in [6.45, 7) is 16.7. The molecule has 23 heteroatoms. The van der Waals surface area contributed by atoms with Crippen LogP contribution in [0.2, 0.25) is 0 Å². The molecule has 140 heavy (non-hydrogen) atoms. The molecule has 8 fully saturated rings. The number of aryl methyl sites for hydroxylation is 5. The standard InChI is InChI=1S/C30H33FN4O2.C30H33N3O2.C29H32N4O2.C28H30N4O/c1-4-21-8-10-23(11-9-21)30(31)13-15-35(16-14-30)29(36)24-19-26(25(18-20(24)2)22-6-5-7-22)28-32-27(33-34-28)12-17-37-3;1-4-21-8-10-22(11-9-21)23-12-14-33(15-13-23)30(34)26-17-28(29-31-18-25(32-29)19-35-3)27(16-20(26)2)24-6-5-7-24;1-4-20-8-10-21(11-9-20)22-12-14-33(15-13-22)29(34)24-17-26(28-30-27(18-35-3)31-32-28)25(16-19(24)2)23-6-5-7-23;1-4-20-8-10-21(11-9-20)22-12-14-32(15-13-22)28(33)24-17-26(27-29-19(3)30-31-27)25(16-18(24)2)23-6-5-7-23/h1,8-11,18-19,22H,5-7,12-17H2,2-3H3,(H,32,33,34);1,8-11,16-18,23-24H,5-7,12-15,19H2,2-3H3,(H,31,32);1,8-11,16-17,22-23H,5-7,12-15,18H2,2-3H3,(H,30,31,32);1,8-11,16-17,22-23H,5-7,12-15H2,2-3H3,(H,29,30,31). The Morgan fingerprint density at radius 1 is 0.386 bits per heavy atom. The van der Waals surface area contributed by atoms with Crippen molar-refractivity contribution < 1.29 is 37.8 Å². The van der Waals surface area contributed by atoms with Gasteiger partial charge >= 0.3 is 0 Å². The molecule has 4 aliphatic carbocycles. The second kappa shape index (κ2) is 44.6. The maximum Gasteiger partial charge on any atom is 0.254 e. The van der Waals surface area contributed by atoms with Crippen LogP contribution in [0.25, 0.3) is 45.6 Å². The predicted molar refractivity (Wildman–Crippen MR) is 546 cm³/mol. The quantitative estimate of drug-likeness (QED) is 0.0434. The largest absolute Gasteiger partial charge is 0.384 e. The number of terminal acetylenes is 4. The third-order valence-corrected chi connectivity index (χ3v) is 30.5. The average Bonchev–Trinajstić information content (AvgIpc) is 1.32. The molecule has 20 rings (SSSR count). The van der Waals surface area contributed by atoms with E-state index < -0.39 is 5.67 Å². The lowest BCUT2D eigenvalue weighted by Gasteiger charge is -2.37. The molecule has 8 aliphatic rings. The molecule has 4 aromatic heterocycles. The van der Waals surface area contributed by atoms with E-state index in [-0.39, 0.29) is 36.5 Å². The first kappa shape index (κ1) is 97.9. The molecule has 22 nitrogen and oxygen atoms in total. The van der Waals surface area contributed by atoms with E-state index in [0.29, 0.717) is 115 Å². The van der Waals surface area contributed by atoms with Crippen molar-refractivity contribution in [3.63, 3.8) is 0 Å². The number of nitrogens with one attached hydrogen (secondary N) is 4. The smallest absolute Gasteiger partial charge is 0.254 e. The Kier molecular flexibility index (Phi) is 31.2. The van der Waals surface area contributed by atoms with E-state index in [1.807, 2.05) is 96.3 Å². The van der Waals surface area contributed by atoms with Gasteiger partial charge in [0.15, 0.2) is 23.3 Å². The number of amides is 4. The van der Waals surface area contributed by atoms with Crippen molar-refractivity contribution in [2.24, 2.45) is 0 Å². The van der Waals surface area contributed by atoms with Gasteiger partial charge in [-0.1, -0.05) is 122 Å². The predicted octanol–water partition coefficient (Wildman–Crippen LogP) is 21.7. The number of aromatic nitrogens is 11. The van der Waals surface area contributed by atoms with E-state index in [9.17, 15) is 19.2 Å². The number of imidazole rings is 1. The summed E-state index contributed by atoms with van der Waals surface area (Å²) in [5, 5.41) is 22.3. The highest BCUT2D eigenvalue weighted by Crippen LogP contribution is 2.48. The van der Waals surface area contributed by atoms with E-state index in [1.54, 1.807) is 50.5 Å². The van der Waals surface area contributed by atoms with Crippen molar-refractivity contribution in [2.45, 2.75) is 230 Å². The monoisotopic (exact) mass is 1870 g/mol. The molecule has 0 atom stereocenters. The van der Waals surface area contributed by atoms with Crippen LogP contribution < -0.4 is 0 Å². The van der Waals surface area contributed by atoms with Crippen LogP contribution in [0.1, 0.15) is 323 Å². The minimum absolute atomic E-state index is 0.0706. The molecule has 0 bridgehead atoms. The fourth-order valence-electron chi connectivity index (χ4n) is 21.1. The molecule has 4 saturated carbocycles. The Bertz CT molecular complexity index is 6390. The summed E-state index contributed by atoms with van der Waals surface area (Å²) < 4.78 is 31.4. The van der Waals surface area contributed by atoms with Crippen molar-refractivity contribution in [3.8, 4) is 94.9 Å². The summed E-state index contributed by atoms with van der Waals surface area (Å²) in [5.41, 5.74) is 23.4. The average molecular weight is 1880 g/mol. The van der Waals surface area contributed by atoms with E-state index in [4.69, 9.17) is 44.9 Å². The Morgan fingerprint density at radius 3 is 1.04 bits per heavy atom. The number of nitrogens with zero attached hydrogens (tertiary/aromatic N) is 11. The van der Waals surface area contributed by atoms with Gasteiger partial charge in [0.25, 0.3) is 23.6 Å². The Morgan fingerprint density at radius 2 is 0.707 bits per heavy atom. The number of benzene rings is 8. The summed E-state index contributed by atoms with van der Waals surface area (Å²) >= 11 is 0. The van der Waals surface area contributed by atoms with Crippen LogP contribution in [0, 0.1) is 84.0 Å². The molecule has 4 N–H and O–H groups in total. The van der Waals surface area contributed by atoms with Crippen LogP contribution in [-0.4, -0.2) is 179 Å². The van der Waals surface area contributed by atoms with Crippen molar-refractivity contribution in [2.75, 3.05) is 80.3 Å². The number of ether oxygens (including phenoxy) is 3. The minimum atomic E-state index is -1.46. The van der Waals surface area contributed by atoms with Crippen molar-refractivity contribution in [1.82, 2.24) is 75.1 Å². The second-order valence-electron chi connectivity index (χ2n) is 39.3. The molecule has 0 spiro atoms. The number of aromatic amines is 4. The number of hydrogen-bond donors (Lipinski definition) is 4. The van der Waals surface area contributed by atoms with E-state index in [0.717, 1.165) is 197 Å². The molecule has 4 amide bonds. The van der Waals surface area contributed by atoms with E-state index in [2.05, 4.69) is 155 Å². The van der Waals surface area contributed by atoms with E-state index in [1.165, 1.54) is 103 Å². The highest BCUT2D eigenvalue weighted by Gasteiger charge is 2.40. The van der Waals surface area contributed by atoms with Crippen molar-refractivity contribution >= 4 is 23.6 Å². The summed E-state index contributed by atoms with van der Waals surface area (Å²) in [4.78, 5) is 84.2. The number of H-pyrrole nitrogens is 4. The fourth-order valence-corrected chi connectivity index (χ4v) is 21.1. The van der Waals surface area contributed by atoms with Gasteiger partial charge in [-0.15, -0.1) is 25.7 Å². The normalized spacial score (nSPS) is 16.9. The maximum atomic E-state index is 15.8. The molecular weight excluding hydrogens is 1750 g/mol. The van der Waals surface area contributed by atoms with Crippen LogP contribution in [0.4, 0.5) is 4.39 Å². The van der Waals surface area contributed by atoms with Crippen LogP contribution in [0.3, 0.4) is 0 Å². The third kappa shape index (κ3) is 22.1. The highest BCUT2D eigenvalue weighted by molar-refractivity contribution is 6.00. The summed E-state index contributed by atoms with van der Waals surface area (Å²) in [7, 11) is 4.98. The van der Waals surface area contributed by atoms with Crippen LogP contribution in [0.5, 0.6) is 0 Å². The molecule has 0 unspecified atom stereocenters. The van der Waals surface area contributed by atoms with Crippen LogP contribution in [0.15, 0.2) is 152 Å². The molecule has 8 aromatic carbocycles.